The van der Waals surface area contributed by atoms with E-state index in [2.05, 4.69) is 18.2 Å². The maximum absolute atomic E-state index is 12.5. The van der Waals surface area contributed by atoms with Gasteiger partial charge in [-0.2, -0.15) is 5.26 Å². The lowest BCUT2D eigenvalue weighted by molar-refractivity contribution is -0.134. The number of aryl methyl sites for hydroxylation is 1. The van der Waals surface area contributed by atoms with Crippen molar-refractivity contribution >= 4 is 5.91 Å². The van der Waals surface area contributed by atoms with Crippen LogP contribution in [0.5, 0.6) is 5.75 Å². The van der Waals surface area contributed by atoms with Crippen molar-refractivity contribution in [3.8, 4) is 11.8 Å². The fraction of sp³-hybridized carbons (Fsp3) is 0.300. The molecule has 1 aliphatic carbocycles. The molecule has 4 nitrogen and oxygen atoms in total. The van der Waals surface area contributed by atoms with Crippen molar-refractivity contribution in [2.24, 2.45) is 0 Å². The Morgan fingerprint density at radius 3 is 2.96 bits per heavy atom. The zero-order valence-electron chi connectivity index (χ0n) is 13.7. The number of hydrogen-bond acceptors (Lipinski definition) is 3. The largest absolute Gasteiger partial charge is 0.484 e. The number of carbonyl (C=O) groups is 1. The molecule has 0 unspecified atom stereocenters. The first kappa shape index (κ1) is 16.1. The highest BCUT2D eigenvalue weighted by Crippen LogP contribution is 2.33. The highest BCUT2D eigenvalue weighted by molar-refractivity contribution is 5.78. The molecule has 0 N–H and O–H groups in total. The number of ether oxygens (including phenoxy) is 1. The van der Waals surface area contributed by atoms with Crippen LogP contribution in [0.15, 0.2) is 48.5 Å². The summed E-state index contributed by atoms with van der Waals surface area (Å²) in [6.45, 7) is -0.0238. The maximum atomic E-state index is 12.5. The molecular formula is C20H20N2O2. The molecule has 1 aliphatic rings. The number of likely N-dealkylation sites (N-methyl/N-ethyl adjacent to an activating group) is 1. The second-order valence-electron chi connectivity index (χ2n) is 6.04. The maximum Gasteiger partial charge on any atom is 0.260 e. The molecule has 0 radical (unpaired) electrons. The van der Waals surface area contributed by atoms with E-state index in [1.54, 1.807) is 29.2 Å². The van der Waals surface area contributed by atoms with Crippen LogP contribution in [0, 0.1) is 11.3 Å². The van der Waals surface area contributed by atoms with E-state index >= 15 is 0 Å². The van der Waals surface area contributed by atoms with Crippen LogP contribution in [0.25, 0.3) is 0 Å². The Labute approximate surface area is 142 Å². The van der Waals surface area contributed by atoms with Gasteiger partial charge in [-0.15, -0.1) is 0 Å². The molecule has 1 atom stereocenters. The van der Waals surface area contributed by atoms with Gasteiger partial charge in [0.25, 0.3) is 5.91 Å². The quantitative estimate of drug-likeness (QED) is 0.866. The molecule has 3 rings (SSSR count). The summed E-state index contributed by atoms with van der Waals surface area (Å²) < 4.78 is 5.57. The van der Waals surface area contributed by atoms with Crippen molar-refractivity contribution < 1.29 is 9.53 Å². The van der Waals surface area contributed by atoms with E-state index in [9.17, 15) is 4.79 Å². The standard InChI is InChI=1S/C20H20N2O2/c1-22(19-11-5-8-16-7-2-3-10-18(16)19)20(23)14-24-17-9-4-6-15(12-17)13-21/h2-4,6-7,9-10,12,19H,5,8,11,14H2,1H3/t19-/m0/s1. The summed E-state index contributed by atoms with van der Waals surface area (Å²) in [5.74, 6) is 0.485. The molecule has 0 heterocycles. The predicted octanol–water partition coefficient (Wildman–Crippen LogP) is 3.47. The number of nitrogens with zero attached hydrogens (tertiary/aromatic N) is 2. The SMILES string of the molecule is CN(C(=O)COc1cccc(C#N)c1)[C@H]1CCCc2ccccc21. The molecule has 0 aliphatic heterocycles. The van der Waals surface area contributed by atoms with Gasteiger partial charge in [-0.1, -0.05) is 30.3 Å². The van der Waals surface area contributed by atoms with Crippen LogP contribution in [0.3, 0.4) is 0 Å². The van der Waals surface area contributed by atoms with Crippen molar-refractivity contribution in [3.05, 3.63) is 65.2 Å². The van der Waals surface area contributed by atoms with Gasteiger partial charge in [0.05, 0.1) is 17.7 Å². The lowest BCUT2D eigenvalue weighted by Crippen LogP contribution is -2.36. The van der Waals surface area contributed by atoms with E-state index in [1.807, 2.05) is 19.2 Å². The summed E-state index contributed by atoms with van der Waals surface area (Å²) in [6.07, 6.45) is 3.14. The lowest BCUT2D eigenvalue weighted by Gasteiger charge is -2.33. The van der Waals surface area contributed by atoms with Gasteiger partial charge in [-0.3, -0.25) is 4.79 Å². The number of benzene rings is 2. The predicted molar refractivity (Wildman–Crippen MR) is 91.5 cm³/mol. The molecule has 1 amide bonds. The molecule has 2 aromatic carbocycles. The number of carbonyl (C=O) groups excluding carboxylic acids is 1. The number of hydrogen-bond donors (Lipinski definition) is 0. The van der Waals surface area contributed by atoms with Crippen LogP contribution in [0.2, 0.25) is 0 Å². The monoisotopic (exact) mass is 320 g/mol. The van der Waals surface area contributed by atoms with E-state index in [0.29, 0.717) is 11.3 Å². The van der Waals surface area contributed by atoms with Gasteiger partial charge in [0.2, 0.25) is 0 Å². The summed E-state index contributed by atoms with van der Waals surface area (Å²) in [6, 6.07) is 17.4. The molecule has 0 bridgehead atoms. The summed E-state index contributed by atoms with van der Waals surface area (Å²) >= 11 is 0. The summed E-state index contributed by atoms with van der Waals surface area (Å²) in [7, 11) is 1.84. The number of nitriles is 1. The third kappa shape index (κ3) is 3.41. The molecular weight excluding hydrogens is 300 g/mol. The van der Waals surface area contributed by atoms with Crippen LogP contribution in [0.4, 0.5) is 0 Å². The van der Waals surface area contributed by atoms with E-state index in [4.69, 9.17) is 10.00 Å². The Morgan fingerprint density at radius 2 is 2.12 bits per heavy atom. The van der Waals surface area contributed by atoms with E-state index in [0.717, 1.165) is 19.3 Å². The first-order valence-corrected chi connectivity index (χ1v) is 8.15. The summed E-state index contributed by atoms with van der Waals surface area (Å²) in [4.78, 5) is 14.3. The molecule has 0 aromatic heterocycles. The Balaban J connectivity index is 1.66. The molecule has 4 heteroatoms. The third-order valence-corrected chi connectivity index (χ3v) is 4.52. The van der Waals surface area contributed by atoms with Gasteiger partial charge in [0.1, 0.15) is 5.75 Å². The van der Waals surface area contributed by atoms with E-state index < -0.39 is 0 Å². The average molecular weight is 320 g/mol. The summed E-state index contributed by atoms with van der Waals surface area (Å²) in [5.41, 5.74) is 3.09. The second-order valence-corrected chi connectivity index (χ2v) is 6.04. The van der Waals surface area contributed by atoms with Crippen LogP contribution >= 0.6 is 0 Å². The Hall–Kier alpha value is -2.80. The number of fused-ring (bicyclic) bond motifs is 1. The minimum Gasteiger partial charge on any atom is -0.484 e. The van der Waals surface area contributed by atoms with Crippen molar-refractivity contribution in [1.82, 2.24) is 4.90 Å². The zero-order chi connectivity index (χ0) is 16.9. The Bertz CT molecular complexity index is 779. The minimum absolute atomic E-state index is 0.0238. The van der Waals surface area contributed by atoms with Gasteiger partial charge in [-0.25, -0.2) is 0 Å². The van der Waals surface area contributed by atoms with Gasteiger partial charge in [-0.05, 0) is 48.6 Å². The van der Waals surface area contributed by atoms with Crippen molar-refractivity contribution in [1.29, 1.82) is 5.26 Å². The molecule has 122 valence electrons. The van der Waals surface area contributed by atoms with E-state index in [-0.39, 0.29) is 18.6 Å². The fourth-order valence-corrected chi connectivity index (χ4v) is 3.21. The van der Waals surface area contributed by atoms with Crippen molar-refractivity contribution in [3.63, 3.8) is 0 Å². The van der Waals surface area contributed by atoms with E-state index in [1.165, 1.54) is 11.1 Å². The third-order valence-electron chi connectivity index (χ3n) is 4.52. The molecule has 0 saturated heterocycles. The summed E-state index contributed by atoms with van der Waals surface area (Å²) in [5, 5.41) is 8.91. The Kier molecular flexibility index (Phi) is 4.81. The topological polar surface area (TPSA) is 53.3 Å². The first-order valence-electron chi connectivity index (χ1n) is 8.15. The van der Waals surface area contributed by atoms with Crippen molar-refractivity contribution in [2.75, 3.05) is 13.7 Å². The highest BCUT2D eigenvalue weighted by Gasteiger charge is 2.26. The molecule has 24 heavy (non-hydrogen) atoms. The smallest absolute Gasteiger partial charge is 0.260 e. The fourth-order valence-electron chi connectivity index (χ4n) is 3.21. The van der Waals surface area contributed by atoms with Crippen LogP contribution in [-0.4, -0.2) is 24.5 Å². The van der Waals surface area contributed by atoms with Gasteiger partial charge < -0.3 is 9.64 Å². The molecule has 0 spiro atoms. The Morgan fingerprint density at radius 1 is 1.29 bits per heavy atom. The number of rotatable bonds is 4. The zero-order valence-corrected chi connectivity index (χ0v) is 13.7. The van der Waals surface area contributed by atoms with Gasteiger partial charge in [0.15, 0.2) is 6.61 Å². The van der Waals surface area contributed by atoms with Crippen LogP contribution < -0.4 is 4.74 Å². The minimum atomic E-state index is -0.0564. The normalized spacial score (nSPS) is 15.9. The number of amides is 1. The van der Waals surface area contributed by atoms with Gasteiger partial charge in [0, 0.05) is 7.05 Å². The van der Waals surface area contributed by atoms with Crippen LogP contribution in [0.1, 0.15) is 35.6 Å². The molecule has 0 fully saturated rings. The molecule has 0 saturated carbocycles. The lowest BCUT2D eigenvalue weighted by atomic mass is 9.87. The van der Waals surface area contributed by atoms with Gasteiger partial charge >= 0.3 is 0 Å². The highest BCUT2D eigenvalue weighted by atomic mass is 16.5. The first-order chi connectivity index (χ1) is 11.7. The second kappa shape index (κ2) is 7.18. The average Bonchev–Trinajstić information content (AvgIpc) is 2.65. The van der Waals surface area contributed by atoms with Crippen LogP contribution in [-0.2, 0) is 11.2 Å². The molecule has 2 aromatic rings. The van der Waals surface area contributed by atoms with Crippen molar-refractivity contribution in [2.45, 2.75) is 25.3 Å².